The summed E-state index contributed by atoms with van der Waals surface area (Å²) in [6.45, 7) is 7.91. The van der Waals surface area contributed by atoms with Crippen LogP contribution in [0, 0.1) is 5.41 Å². The average molecular weight is 971 g/mol. The highest BCUT2D eigenvalue weighted by Gasteiger charge is 2.40. The second kappa shape index (κ2) is 50.5. The number of rotatable bonds is 53. The third-order valence-corrected chi connectivity index (χ3v) is 13.5. The predicted molar refractivity (Wildman–Crippen MR) is 299 cm³/mol. The van der Waals surface area contributed by atoms with Crippen LogP contribution >= 0.6 is 0 Å². The van der Waals surface area contributed by atoms with Gasteiger partial charge in [0.2, 0.25) is 5.91 Å². The van der Waals surface area contributed by atoms with Gasteiger partial charge in [-0.15, -0.1) is 0 Å². The molecule has 0 radical (unpaired) electrons. The standard InChI is InChI=1S/C62H116N2O5/c1-7-10-13-16-19-22-25-28-31-34-37-40-43-46-49-52-59(65)63-55-62(56-64(4,5)6,57-68-60(66)53-50-47-44-41-38-35-32-29-26-23-20-17-14-11-8-2)58-69-61(67)54-51-48-45-42-39-36-33-30-27-24-21-18-15-12-9-3/h28-33H,7-27,34-58H2,1-6H3/p+1/b31-28-,32-29-,33-30-. The maximum Gasteiger partial charge on any atom is 0.305 e. The highest BCUT2D eigenvalue weighted by molar-refractivity contribution is 5.76. The van der Waals surface area contributed by atoms with Crippen molar-refractivity contribution in [1.82, 2.24) is 5.32 Å². The maximum absolute atomic E-state index is 13.3. The maximum atomic E-state index is 13.3. The van der Waals surface area contributed by atoms with Gasteiger partial charge in [0.05, 0.1) is 27.7 Å². The van der Waals surface area contributed by atoms with Crippen molar-refractivity contribution in [3.63, 3.8) is 0 Å². The van der Waals surface area contributed by atoms with Crippen molar-refractivity contribution in [1.29, 1.82) is 0 Å². The number of nitrogens with one attached hydrogen (secondary N) is 1. The summed E-state index contributed by atoms with van der Waals surface area (Å²) in [6, 6.07) is 0. The summed E-state index contributed by atoms with van der Waals surface area (Å²) in [5, 5.41) is 3.19. The van der Waals surface area contributed by atoms with Crippen LogP contribution in [0.15, 0.2) is 36.5 Å². The van der Waals surface area contributed by atoms with Gasteiger partial charge in [-0.05, 0) is 96.3 Å². The Bertz CT molecular complexity index is 1100. The van der Waals surface area contributed by atoms with Gasteiger partial charge in [-0.1, -0.05) is 211 Å². The van der Waals surface area contributed by atoms with Gasteiger partial charge >= 0.3 is 11.9 Å². The number of carbonyl (C=O) groups excluding carboxylic acids is 3. The molecule has 0 atom stereocenters. The summed E-state index contributed by atoms with van der Waals surface area (Å²) in [5.41, 5.74) is -0.729. The Hall–Kier alpha value is -2.41. The van der Waals surface area contributed by atoms with Crippen molar-refractivity contribution in [2.45, 2.75) is 290 Å². The molecule has 0 saturated heterocycles. The number of hydrogen-bond acceptors (Lipinski definition) is 5. The largest absolute Gasteiger partial charge is 0.465 e. The third-order valence-electron chi connectivity index (χ3n) is 13.5. The summed E-state index contributed by atoms with van der Waals surface area (Å²) >= 11 is 0. The highest BCUT2D eigenvalue weighted by Crippen LogP contribution is 2.24. The zero-order chi connectivity index (χ0) is 50.6. The van der Waals surface area contributed by atoms with Crippen molar-refractivity contribution in [2.75, 3.05) is 47.4 Å². The molecule has 0 aromatic heterocycles. The topological polar surface area (TPSA) is 81.7 Å². The van der Waals surface area contributed by atoms with E-state index in [2.05, 4.69) is 83.7 Å². The third kappa shape index (κ3) is 50.3. The molecule has 7 heteroatoms. The summed E-state index contributed by atoms with van der Waals surface area (Å²) in [4.78, 5) is 39.6. The van der Waals surface area contributed by atoms with Crippen molar-refractivity contribution >= 4 is 17.8 Å². The molecule has 0 unspecified atom stereocenters. The number of esters is 2. The molecule has 0 aliphatic carbocycles. The molecule has 0 heterocycles. The molecule has 1 amide bonds. The smallest absolute Gasteiger partial charge is 0.305 e. The molecule has 1 N–H and O–H groups in total. The van der Waals surface area contributed by atoms with Gasteiger partial charge in [-0.2, -0.15) is 0 Å². The first-order valence-corrected chi connectivity index (χ1v) is 29.9. The summed E-state index contributed by atoms with van der Waals surface area (Å²) in [7, 11) is 6.30. The van der Waals surface area contributed by atoms with Crippen LogP contribution in [0.3, 0.4) is 0 Å². The quantitative estimate of drug-likeness (QED) is 0.0284. The van der Waals surface area contributed by atoms with E-state index in [1.807, 2.05) is 0 Å². The Morgan fingerprint density at radius 3 is 0.928 bits per heavy atom. The van der Waals surface area contributed by atoms with Gasteiger partial charge in [0, 0.05) is 25.8 Å². The molecule has 0 fully saturated rings. The van der Waals surface area contributed by atoms with E-state index >= 15 is 0 Å². The van der Waals surface area contributed by atoms with Crippen LogP contribution in [0.5, 0.6) is 0 Å². The van der Waals surface area contributed by atoms with Gasteiger partial charge in [0.15, 0.2) is 0 Å². The number of unbranched alkanes of at least 4 members (excludes halogenated alkanes) is 33. The minimum absolute atomic E-state index is 0.0117. The van der Waals surface area contributed by atoms with Crippen molar-refractivity contribution in [3.8, 4) is 0 Å². The molecule has 404 valence electrons. The normalized spacial score (nSPS) is 12.3. The number of allylic oxidation sites excluding steroid dienone is 6. The van der Waals surface area contributed by atoms with Crippen molar-refractivity contribution in [3.05, 3.63) is 36.5 Å². The van der Waals surface area contributed by atoms with Crippen LogP contribution in [-0.4, -0.2) is 69.8 Å². The molecular formula is C62H117N2O5+. The van der Waals surface area contributed by atoms with Crippen LogP contribution in [0.25, 0.3) is 0 Å². The molecule has 0 saturated carbocycles. The molecule has 7 nitrogen and oxygen atoms in total. The van der Waals surface area contributed by atoms with E-state index in [4.69, 9.17) is 9.47 Å². The first-order chi connectivity index (χ1) is 33.6. The molecule has 69 heavy (non-hydrogen) atoms. The average Bonchev–Trinajstić information content (AvgIpc) is 3.32. The highest BCUT2D eigenvalue weighted by atomic mass is 16.5. The molecule has 0 rings (SSSR count). The van der Waals surface area contributed by atoms with Crippen LogP contribution in [0.4, 0.5) is 0 Å². The Kier molecular flexibility index (Phi) is 48.8. The lowest BCUT2D eigenvalue weighted by Gasteiger charge is -2.38. The van der Waals surface area contributed by atoms with Crippen LogP contribution in [0.2, 0.25) is 0 Å². The molecule has 0 aromatic carbocycles. The van der Waals surface area contributed by atoms with Gasteiger partial charge in [-0.3, -0.25) is 14.4 Å². The van der Waals surface area contributed by atoms with E-state index in [9.17, 15) is 14.4 Å². The fraction of sp³-hybridized carbons (Fsp3) is 0.855. The zero-order valence-corrected chi connectivity index (χ0v) is 47.0. The van der Waals surface area contributed by atoms with E-state index in [1.54, 1.807) is 0 Å². The molecule has 0 aliphatic rings. The number of carbonyl (C=O) groups is 3. The van der Waals surface area contributed by atoms with E-state index in [0.29, 0.717) is 36.8 Å². The monoisotopic (exact) mass is 970 g/mol. The summed E-state index contributed by atoms with van der Waals surface area (Å²) in [5.74, 6) is -0.409. The fourth-order valence-corrected chi connectivity index (χ4v) is 9.32. The van der Waals surface area contributed by atoms with E-state index in [-0.39, 0.29) is 31.1 Å². The minimum Gasteiger partial charge on any atom is -0.465 e. The number of hydrogen-bond donors (Lipinski definition) is 1. The minimum atomic E-state index is -0.729. The van der Waals surface area contributed by atoms with E-state index in [0.717, 1.165) is 77.0 Å². The van der Waals surface area contributed by atoms with Gasteiger partial charge in [0.25, 0.3) is 0 Å². The Balaban J connectivity index is 4.94. The van der Waals surface area contributed by atoms with Crippen LogP contribution < -0.4 is 5.32 Å². The Morgan fingerprint density at radius 2 is 0.638 bits per heavy atom. The first-order valence-electron chi connectivity index (χ1n) is 29.9. The Morgan fingerprint density at radius 1 is 0.377 bits per heavy atom. The summed E-state index contributed by atoms with van der Waals surface area (Å²) in [6.07, 6.45) is 62.8. The second-order valence-electron chi connectivity index (χ2n) is 22.0. The Labute approximate surface area is 429 Å². The number of nitrogens with zero attached hydrogens (tertiary/aromatic N) is 1. The van der Waals surface area contributed by atoms with Crippen LogP contribution in [-0.2, 0) is 23.9 Å². The number of ether oxygens (including phenoxy) is 2. The first kappa shape index (κ1) is 66.6. The number of quaternary nitrogens is 1. The van der Waals surface area contributed by atoms with Crippen LogP contribution in [0.1, 0.15) is 290 Å². The predicted octanol–water partition coefficient (Wildman–Crippen LogP) is 18.0. The SMILES string of the molecule is CCCCCCCC/C=C\CCCCCCCC(=O)NCC(COC(=O)CCCCCCC/C=C\CCCCCCCC)(COC(=O)CCCCCCC/C=C\CCCCCCCC)C[N+](C)(C)C. The second-order valence-corrected chi connectivity index (χ2v) is 22.0. The van der Waals surface area contributed by atoms with Crippen molar-refractivity contribution in [2.24, 2.45) is 5.41 Å². The van der Waals surface area contributed by atoms with E-state index in [1.165, 1.54) is 173 Å². The van der Waals surface area contributed by atoms with E-state index < -0.39 is 5.41 Å². The fourth-order valence-electron chi connectivity index (χ4n) is 9.32. The lowest BCUT2D eigenvalue weighted by Crippen LogP contribution is -2.55. The molecule has 0 bridgehead atoms. The lowest BCUT2D eigenvalue weighted by molar-refractivity contribution is -0.877. The lowest BCUT2D eigenvalue weighted by atomic mass is 9.88. The van der Waals surface area contributed by atoms with Gasteiger partial charge in [0.1, 0.15) is 18.6 Å². The van der Waals surface area contributed by atoms with Gasteiger partial charge in [-0.25, -0.2) is 0 Å². The molecule has 0 aliphatic heterocycles. The molecule has 0 aromatic rings. The summed E-state index contributed by atoms with van der Waals surface area (Å²) < 4.78 is 12.6. The number of amides is 1. The zero-order valence-electron chi connectivity index (χ0n) is 47.0. The molecule has 0 spiro atoms. The van der Waals surface area contributed by atoms with Crippen molar-refractivity contribution < 1.29 is 28.3 Å². The van der Waals surface area contributed by atoms with Gasteiger partial charge < -0.3 is 19.3 Å². The molecular weight excluding hydrogens is 853 g/mol.